The summed E-state index contributed by atoms with van der Waals surface area (Å²) >= 11 is 0. The van der Waals surface area contributed by atoms with Crippen molar-refractivity contribution in [3.8, 4) is 33.6 Å². The van der Waals surface area contributed by atoms with Gasteiger partial charge < -0.3 is 9.13 Å². The Morgan fingerprint density at radius 3 is 0.987 bits per heavy atom. The minimum atomic E-state index is 1.21. The van der Waals surface area contributed by atoms with Gasteiger partial charge in [0.25, 0.3) is 0 Å². The van der Waals surface area contributed by atoms with Gasteiger partial charge in [0.1, 0.15) is 0 Å². The lowest BCUT2D eigenvalue weighted by Crippen LogP contribution is -2.00. The Morgan fingerprint density at radius 1 is 0.237 bits per heavy atom. The average molecular weight is 965 g/mol. The maximum atomic E-state index is 2.56. The second-order valence-electron chi connectivity index (χ2n) is 21.7. The Morgan fingerprint density at radius 2 is 0.566 bits per heavy atom. The van der Waals surface area contributed by atoms with E-state index in [9.17, 15) is 0 Å². The van der Waals surface area contributed by atoms with E-state index in [0.717, 1.165) is 0 Å². The van der Waals surface area contributed by atoms with Gasteiger partial charge in [-0.2, -0.15) is 0 Å². The van der Waals surface area contributed by atoms with Gasteiger partial charge in [-0.15, -0.1) is 0 Å². The van der Waals surface area contributed by atoms with Crippen molar-refractivity contribution in [2.75, 3.05) is 0 Å². The van der Waals surface area contributed by atoms with E-state index in [2.05, 4.69) is 255 Å². The third-order valence-electron chi connectivity index (χ3n) is 18.0. The topological polar surface area (TPSA) is 9.86 Å². The fourth-order valence-corrected chi connectivity index (χ4v) is 14.1. The van der Waals surface area contributed by atoms with Gasteiger partial charge in [-0.25, -0.2) is 0 Å². The van der Waals surface area contributed by atoms with E-state index < -0.39 is 0 Å². The first kappa shape index (κ1) is 41.9. The number of aryl methyl sites for hydroxylation is 2. The number of hydrogen-bond acceptors (Lipinski definition) is 0. The number of fused-ring (bicyclic) bond motifs is 6. The fraction of sp³-hybridized carbons (Fsp3) is 0.0541. The Bertz CT molecular complexity index is 5020. The monoisotopic (exact) mass is 964 g/mol. The second-order valence-corrected chi connectivity index (χ2v) is 21.7. The molecule has 0 N–H and O–H groups in total. The Hall–Kier alpha value is -9.50. The number of rotatable bonds is 4. The van der Waals surface area contributed by atoms with Gasteiger partial charge in [-0.3, -0.25) is 0 Å². The summed E-state index contributed by atoms with van der Waals surface area (Å²) in [5.74, 6) is 0. The maximum absolute atomic E-state index is 2.56. The summed E-state index contributed by atoms with van der Waals surface area (Å²) in [6.45, 7) is 9.29. The molecule has 0 fully saturated rings. The van der Waals surface area contributed by atoms with Crippen molar-refractivity contribution in [2.24, 2.45) is 0 Å². The van der Waals surface area contributed by atoms with E-state index in [1.54, 1.807) is 0 Å². The second kappa shape index (κ2) is 15.1. The predicted octanol–water partition coefficient (Wildman–Crippen LogP) is 20.5. The first-order chi connectivity index (χ1) is 37.3. The van der Waals surface area contributed by atoms with Gasteiger partial charge in [0.2, 0.25) is 0 Å². The zero-order valence-corrected chi connectivity index (χ0v) is 42.7. The van der Waals surface area contributed by atoms with Crippen LogP contribution in [-0.4, -0.2) is 9.13 Å². The minimum Gasteiger partial charge on any atom is -0.313 e. The highest BCUT2D eigenvalue weighted by molar-refractivity contribution is 6.29. The number of benzene rings is 15. The first-order valence-corrected chi connectivity index (χ1v) is 26.7. The van der Waals surface area contributed by atoms with Crippen LogP contribution in [0.5, 0.6) is 0 Å². The van der Waals surface area contributed by atoms with Crippen molar-refractivity contribution in [2.45, 2.75) is 27.7 Å². The molecule has 0 saturated heterocycles. The molecule has 15 aromatic carbocycles. The van der Waals surface area contributed by atoms with E-state index in [1.807, 2.05) is 0 Å². The normalized spacial score (nSPS) is 12.5. The van der Waals surface area contributed by atoms with Crippen LogP contribution >= 0.6 is 0 Å². The molecule has 2 aromatic heterocycles. The molecule has 2 heterocycles. The van der Waals surface area contributed by atoms with Crippen LogP contribution in [0.2, 0.25) is 0 Å². The van der Waals surface area contributed by atoms with Crippen molar-refractivity contribution in [3.05, 3.63) is 241 Å². The molecule has 17 rings (SSSR count). The van der Waals surface area contributed by atoms with Crippen LogP contribution in [0.3, 0.4) is 0 Å². The summed E-state index contributed by atoms with van der Waals surface area (Å²) < 4.78 is 5.13. The van der Waals surface area contributed by atoms with Gasteiger partial charge in [0, 0.05) is 32.9 Å². The van der Waals surface area contributed by atoms with E-state index in [0.29, 0.717) is 0 Å². The third-order valence-corrected chi connectivity index (χ3v) is 18.0. The highest BCUT2D eigenvalue weighted by atomic mass is 15.0. The maximum Gasteiger partial charge on any atom is 0.0540 e. The van der Waals surface area contributed by atoms with E-state index >= 15 is 0 Å². The molecule has 0 aliphatic rings. The van der Waals surface area contributed by atoms with Gasteiger partial charge in [-0.05, 0) is 207 Å². The van der Waals surface area contributed by atoms with Crippen molar-refractivity contribution < 1.29 is 0 Å². The fourth-order valence-electron chi connectivity index (χ4n) is 14.1. The van der Waals surface area contributed by atoms with E-state index in [4.69, 9.17) is 0 Å². The summed E-state index contributed by atoms with van der Waals surface area (Å²) in [7, 11) is 0. The highest BCUT2D eigenvalue weighted by Gasteiger charge is 2.26. The largest absolute Gasteiger partial charge is 0.313 e. The SMILES string of the molecule is Cc1c(C)n(-c2ccc3ccc4cccc5ccc2c3c45)c2cc3c(-c4ccc5ccccc5c4)c4cc5c(C)c(C)n(-c6ccc7ccc8cccc9ccc6c7c89)c5cc4c(-c4ccc5ccccc5c4)c3cc12. The van der Waals surface area contributed by atoms with Crippen LogP contribution in [0.25, 0.3) is 163 Å². The summed E-state index contributed by atoms with van der Waals surface area (Å²) in [4.78, 5) is 0. The van der Waals surface area contributed by atoms with Crippen molar-refractivity contribution in [1.82, 2.24) is 9.13 Å². The molecule has 0 radical (unpaired) electrons. The van der Waals surface area contributed by atoms with Crippen molar-refractivity contribution in [1.29, 1.82) is 0 Å². The smallest absolute Gasteiger partial charge is 0.0540 e. The molecule has 76 heavy (non-hydrogen) atoms. The van der Waals surface area contributed by atoms with Crippen molar-refractivity contribution in [3.63, 3.8) is 0 Å². The summed E-state index contributed by atoms with van der Waals surface area (Å²) in [5, 5.41) is 28.0. The standard InChI is InChI=1S/C74H48N2/c1-41-43(3)75(65-33-29-51-23-21-47-15-9-17-49-27-31-57(65)73(51)69(47)49)67-39-63-61(37-59(41)67)71(55-25-19-45-11-5-7-13-53(45)35-55)64-40-68-60(38-62(64)72(63)56-26-20-46-12-6-8-14-54(46)36-56)42(2)44(4)76(68)66-34-30-52-24-22-48-16-10-18-50-28-32-58(66)74(52)70(48)50/h5-40H,1-4H3. The third kappa shape index (κ3) is 5.55. The lowest BCUT2D eigenvalue weighted by Gasteiger charge is -2.21. The molecule has 0 aliphatic carbocycles. The summed E-state index contributed by atoms with van der Waals surface area (Å²) in [5.41, 5.74) is 14.9. The van der Waals surface area contributed by atoms with E-state index in [-0.39, 0.29) is 0 Å². The highest BCUT2D eigenvalue weighted by Crippen LogP contribution is 2.50. The minimum absolute atomic E-state index is 1.21. The molecule has 0 spiro atoms. The molecular weight excluding hydrogens is 917 g/mol. The van der Waals surface area contributed by atoms with Gasteiger partial charge in [-0.1, -0.05) is 170 Å². The lowest BCUT2D eigenvalue weighted by atomic mass is 9.84. The molecule has 0 amide bonds. The van der Waals surface area contributed by atoms with Gasteiger partial charge in [0.15, 0.2) is 0 Å². The van der Waals surface area contributed by atoms with Crippen LogP contribution in [0.15, 0.2) is 218 Å². The van der Waals surface area contributed by atoms with Crippen molar-refractivity contribution >= 4 is 130 Å². The molecule has 354 valence electrons. The number of hydrogen-bond donors (Lipinski definition) is 0. The van der Waals surface area contributed by atoms with Crippen LogP contribution in [0, 0.1) is 27.7 Å². The van der Waals surface area contributed by atoms with Crippen LogP contribution in [0.1, 0.15) is 22.5 Å². The molecule has 17 aromatic rings. The Balaban J connectivity index is 1.04. The zero-order valence-electron chi connectivity index (χ0n) is 42.7. The Kier molecular flexibility index (Phi) is 8.31. The average Bonchev–Trinajstić information content (AvgIpc) is 4.02. The van der Waals surface area contributed by atoms with Gasteiger partial charge in [0.05, 0.1) is 22.4 Å². The first-order valence-electron chi connectivity index (χ1n) is 26.7. The number of aromatic nitrogens is 2. The Labute approximate surface area is 438 Å². The zero-order chi connectivity index (χ0) is 50.2. The van der Waals surface area contributed by atoms with E-state index in [1.165, 1.54) is 186 Å². The molecule has 0 saturated carbocycles. The molecule has 2 heteroatoms. The molecule has 0 atom stereocenters. The predicted molar refractivity (Wildman–Crippen MR) is 327 cm³/mol. The molecule has 0 bridgehead atoms. The molecule has 0 aliphatic heterocycles. The molecule has 2 nitrogen and oxygen atoms in total. The quantitative estimate of drug-likeness (QED) is 0.123. The van der Waals surface area contributed by atoms with Gasteiger partial charge >= 0.3 is 0 Å². The van der Waals surface area contributed by atoms with Crippen LogP contribution in [0.4, 0.5) is 0 Å². The molecular formula is C74H48N2. The molecule has 0 unspecified atom stereocenters. The lowest BCUT2D eigenvalue weighted by molar-refractivity contribution is 1.05. The van der Waals surface area contributed by atoms with Crippen LogP contribution < -0.4 is 0 Å². The summed E-state index contributed by atoms with van der Waals surface area (Å²) in [6.07, 6.45) is 0. The number of nitrogens with zero attached hydrogens (tertiary/aromatic N) is 2. The van der Waals surface area contributed by atoms with Crippen LogP contribution in [-0.2, 0) is 0 Å². The summed E-state index contributed by atoms with van der Waals surface area (Å²) in [6, 6.07) is 83.3.